The number of rotatable bonds is 2. The average Bonchev–Trinajstić information content (AvgIpc) is 2.23. The molecule has 1 unspecified atom stereocenters. The Morgan fingerprint density at radius 3 is 2.73 bits per heavy atom. The van der Waals surface area contributed by atoms with Gasteiger partial charge in [0.1, 0.15) is 0 Å². The summed E-state index contributed by atoms with van der Waals surface area (Å²) in [5.41, 5.74) is 5.65. The Labute approximate surface area is 91.2 Å². The summed E-state index contributed by atoms with van der Waals surface area (Å²) >= 11 is 0. The molecule has 1 atom stereocenters. The van der Waals surface area contributed by atoms with Gasteiger partial charge in [0.15, 0.2) is 0 Å². The fourth-order valence-corrected chi connectivity index (χ4v) is 2.26. The van der Waals surface area contributed by atoms with Gasteiger partial charge < -0.3 is 16.0 Å². The summed E-state index contributed by atoms with van der Waals surface area (Å²) in [4.78, 5) is 13.8. The number of amides is 2. The molecule has 2 aliphatic rings. The molecule has 1 aliphatic carbocycles. The van der Waals surface area contributed by atoms with E-state index in [4.69, 9.17) is 5.73 Å². The lowest BCUT2D eigenvalue weighted by Crippen LogP contribution is -2.51. The Hall–Kier alpha value is -0.770. The second kappa shape index (κ2) is 4.84. The van der Waals surface area contributed by atoms with Crippen LogP contribution in [-0.4, -0.2) is 36.6 Å². The average molecular weight is 211 g/mol. The topological polar surface area (TPSA) is 58.4 Å². The molecule has 2 amide bonds. The van der Waals surface area contributed by atoms with Gasteiger partial charge in [-0.2, -0.15) is 0 Å². The van der Waals surface area contributed by atoms with Gasteiger partial charge >= 0.3 is 6.03 Å². The molecular weight excluding hydrogens is 190 g/mol. The van der Waals surface area contributed by atoms with E-state index < -0.39 is 0 Å². The summed E-state index contributed by atoms with van der Waals surface area (Å²) in [6.07, 6.45) is 5.83. The first-order valence-corrected chi connectivity index (χ1v) is 6.05. The smallest absolute Gasteiger partial charge is 0.317 e. The molecule has 2 rings (SSSR count). The number of hydrogen-bond acceptors (Lipinski definition) is 2. The van der Waals surface area contributed by atoms with Crippen LogP contribution >= 0.6 is 0 Å². The lowest BCUT2D eigenvalue weighted by atomic mass is 9.93. The summed E-state index contributed by atoms with van der Waals surface area (Å²) in [5.74, 6) is 0.505. The maximum absolute atomic E-state index is 11.8. The minimum Gasteiger partial charge on any atom is -0.335 e. The number of nitrogens with one attached hydrogen (secondary N) is 1. The van der Waals surface area contributed by atoms with Crippen molar-refractivity contribution in [3.63, 3.8) is 0 Å². The molecular formula is C11H21N3O. The number of carbonyl (C=O) groups excluding carboxylic acids is 1. The molecule has 15 heavy (non-hydrogen) atoms. The molecule has 0 aromatic rings. The predicted octanol–water partition coefficient (Wildman–Crippen LogP) is 0.919. The molecule has 1 heterocycles. The molecule has 0 spiro atoms. The van der Waals surface area contributed by atoms with Gasteiger partial charge in [-0.15, -0.1) is 0 Å². The molecule has 1 saturated heterocycles. The number of urea groups is 1. The second-order valence-electron chi connectivity index (χ2n) is 4.77. The maximum Gasteiger partial charge on any atom is 0.317 e. The lowest BCUT2D eigenvalue weighted by Gasteiger charge is -2.35. The van der Waals surface area contributed by atoms with Crippen LogP contribution in [0.5, 0.6) is 0 Å². The highest BCUT2D eigenvalue weighted by atomic mass is 16.2. The monoisotopic (exact) mass is 211 g/mol. The van der Waals surface area contributed by atoms with Crippen molar-refractivity contribution in [3.8, 4) is 0 Å². The third-order valence-corrected chi connectivity index (χ3v) is 3.57. The fraction of sp³-hybridized carbons (Fsp3) is 0.909. The van der Waals surface area contributed by atoms with Crippen LogP contribution in [0.25, 0.3) is 0 Å². The minimum atomic E-state index is 0.123. The highest BCUT2D eigenvalue weighted by molar-refractivity contribution is 5.74. The molecule has 86 valence electrons. The highest BCUT2D eigenvalue weighted by Gasteiger charge is 2.26. The fourth-order valence-electron chi connectivity index (χ4n) is 2.26. The Kier molecular flexibility index (Phi) is 3.46. The largest absolute Gasteiger partial charge is 0.335 e. The number of nitrogens with two attached hydrogens (primary N) is 1. The number of likely N-dealkylation sites (tertiary alicyclic amines) is 1. The first-order chi connectivity index (χ1) is 7.29. The molecule has 0 radical (unpaired) electrons. The maximum atomic E-state index is 11.8. The van der Waals surface area contributed by atoms with Crippen molar-refractivity contribution in [1.82, 2.24) is 10.2 Å². The second-order valence-corrected chi connectivity index (χ2v) is 4.77. The first-order valence-electron chi connectivity index (χ1n) is 6.05. The van der Waals surface area contributed by atoms with Crippen molar-refractivity contribution in [2.75, 3.05) is 19.6 Å². The van der Waals surface area contributed by atoms with Crippen molar-refractivity contribution in [2.24, 2.45) is 11.7 Å². The SMILES string of the molecule is NCC1CCCN(C(=O)NC2CCC2)C1. The number of hydrogen-bond donors (Lipinski definition) is 2. The van der Waals surface area contributed by atoms with Gasteiger partial charge in [0.05, 0.1) is 0 Å². The van der Waals surface area contributed by atoms with E-state index in [2.05, 4.69) is 5.32 Å². The molecule has 4 heteroatoms. The quantitative estimate of drug-likeness (QED) is 0.713. The molecule has 0 aromatic carbocycles. The van der Waals surface area contributed by atoms with E-state index in [1.54, 1.807) is 0 Å². The van der Waals surface area contributed by atoms with E-state index in [0.717, 1.165) is 32.4 Å². The normalized spacial score (nSPS) is 27.3. The zero-order chi connectivity index (χ0) is 10.7. The summed E-state index contributed by atoms with van der Waals surface area (Å²) in [5, 5.41) is 3.08. The van der Waals surface area contributed by atoms with Crippen LogP contribution in [0.1, 0.15) is 32.1 Å². The van der Waals surface area contributed by atoms with E-state index in [1.807, 2.05) is 4.90 Å². The van der Waals surface area contributed by atoms with Gasteiger partial charge in [-0.05, 0) is 44.6 Å². The third-order valence-electron chi connectivity index (χ3n) is 3.57. The van der Waals surface area contributed by atoms with Crippen LogP contribution in [0.4, 0.5) is 4.79 Å². The van der Waals surface area contributed by atoms with E-state index in [1.165, 1.54) is 12.8 Å². The first kappa shape index (κ1) is 10.7. The Morgan fingerprint density at radius 1 is 1.33 bits per heavy atom. The van der Waals surface area contributed by atoms with Crippen molar-refractivity contribution in [1.29, 1.82) is 0 Å². The van der Waals surface area contributed by atoms with E-state index >= 15 is 0 Å². The highest BCUT2D eigenvalue weighted by Crippen LogP contribution is 2.20. The molecule has 3 N–H and O–H groups in total. The summed E-state index contributed by atoms with van der Waals surface area (Å²) < 4.78 is 0. The van der Waals surface area contributed by atoms with Gasteiger partial charge in [0.2, 0.25) is 0 Å². The van der Waals surface area contributed by atoms with Gasteiger partial charge in [0, 0.05) is 19.1 Å². The van der Waals surface area contributed by atoms with Crippen molar-refractivity contribution < 1.29 is 4.79 Å². The van der Waals surface area contributed by atoms with Crippen LogP contribution < -0.4 is 11.1 Å². The van der Waals surface area contributed by atoms with E-state index in [-0.39, 0.29) is 6.03 Å². The minimum absolute atomic E-state index is 0.123. The molecule has 0 aromatic heterocycles. The molecule has 0 bridgehead atoms. The van der Waals surface area contributed by atoms with Crippen molar-refractivity contribution >= 4 is 6.03 Å². The van der Waals surface area contributed by atoms with Gasteiger partial charge in [-0.1, -0.05) is 0 Å². The number of nitrogens with zero attached hydrogens (tertiary/aromatic N) is 1. The van der Waals surface area contributed by atoms with Crippen molar-refractivity contribution in [3.05, 3.63) is 0 Å². The summed E-state index contributed by atoms with van der Waals surface area (Å²) in [6.45, 7) is 2.44. The summed E-state index contributed by atoms with van der Waals surface area (Å²) in [6, 6.07) is 0.564. The Balaban J connectivity index is 1.78. The van der Waals surface area contributed by atoms with Crippen LogP contribution in [0.15, 0.2) is 0 Å². The Bertz CT molecular complexity index is 228. The third kappa shape index (κ3) is 2.62. The zero-order valence-corrected chi connectivity index (χ0v) is 9.24. The van der Waals surface area contributed by atoms with Gasteiger partial charge in [-0.3, -0.25) is 0 Å². The van der Waals surface area contributed by atoms with E-state index in [9.17, 15) is 4.79 Å². The molecule has 4 nitrogen and oxygen atoms in total. The Morgan fingerprint density at radius 2 is 2.13 bits per heavy atom. The van der Waals surface area contributed by atoms with Crippen LogP contribution in [0.2, 0.25) is 0 Å². The van der Waals surface area contributed by atoms with Gasteiger partial charge in [0.25, 0.3) is 0 Å². The molecule has 2 fully saturated rings. The lowest BCUT2D eigenvalue weighted by molar-refractivity contribution is 0.158. The zero-order valence-electron chi connectivity index (χ0n) is 9.24. The van der Waals surface area contributed by atoms with E-state index in [0.29, 0.717) is 18.5 Å². The number of carbonyl (C=O) groups is 1. The van der Waals surface area contributed by atoms with Crippen LogP contribution in [-0.2, 0) is 0 Å². The molecule has 1 saturated carbocycles. The van der Waals surface area contributed by atoms with Crippen molar-refractivity contribution in [2.45, 2.75) is 38.1 Å². The van der Waals surface area contributed by atoms with Crippen LogP contribution in [0, 0.1) is 5.92 Å². The number of piperidine rings is 1. The van der Waals surface area contributed by atoms with Gasteiger partial charge in [-0.25, -0.2) is 4.79 Å². The standard InChI is InChI=1S/C11H21N3O/c12-7-9-3-2-6-14(8-9)11(15)13-10-4-1-5-10/h9-10H,1-8,12H2,(H,13,15). The molecule has 1 aliphatic heterocycles. The summed E-state index contributed by atoms with van der Waals surface area (Å²) in [7, 11) is 0. The van der Waals surface area contributed by atoms with Crippen LogP contribution in [0.3, 0.4) is 0 Å². The predicted molar refractivity (Wildman–Crippen MR) is 59.5 cm³/mol.